The van der Waals surface area contributed by atoms with Crippen LogP contribution in [0, 0.1) is 16.7 Å². The van der Waals surface area contributed by atoms with Crippen LogP contribution in [0.5, 0.6) is 0 Å². The van der Waals surface area contributed by atoms with Crippen molar-refractivity contribution in [2.45, 2.75) is 39.7 Å². The highest BCUT2D eigenvalue weighted by Crippen LogP contribution is 2.67. The Kier molecular flexibility index (Phi) is 2.38. The molecule has 2 bridgehead atoms. The number of hydrogen-bond donors (Lipinski definition) is 0. The van der Waals surface area contributed by atoms with Crippen LogP contribution in [-0.2, 0) is 4.74 Å². The van der Waals surface area contributed by atoms with E-state index in [1.54, 1.807) is 0 Å². The Morgan fingerprint density at radius 1 is 1.60 bits per heavy atom. The van der Waals surface area contributed by atoms with Gasteiger partial charge in [0.25, 0.3) is 0 Å². The van der Waals surface area contributed by atoms with Crippen LogP contribution in [0.2, 0.25) is 0 Å². The van der Waals surface area contributed by atoms with Gasteiger partial charge in [0, 0.05) is 17.0 Å². The number of carbonyl (C=O) groups is 1. The van der Waals surface area contributed by atoms with Crippen LogP contribution >= 0.6 is 11.6 Å². The fraction of sp³-hybridized carbons (Fsp3) is 0.750. The highest BCUT2D eigenvalue weighted by atomic mass is 35.5. The molecule has 0 aromatic heterocycles. The molecule has 0 spiro atoms. The summed E-state index contributed by atoms with van der Waals surface area (Å²) in [5.74, 6) is 0.721. The second-order valence-electron chi connectivity index (χ2n) is 5.30. The molecule has 3 unspecified atom stereocenters. The minimum Gasteiger partial charge on any atom is -0.450 e. The molecule has 0 aliphatic heterocycles. The summed E-state index contributed by atoms with van der Waals surface area (Å²) in [6.45, 7) is 6.44. The predicted molar refractivity (Wildman–Crippen MR) is 59.9 cm³/mol. The van der Waals surface area contributed by atoms with Crippen LogP contribution in [0.4, 0.5) is 4.79 Å². The molecule has 0 N–H and O–H groups in total. The maximum Gasteiger partial charge on any atom is 0.404 e. The molecule has 0 radical (unpaired) electrons. The molecule has 3 heteroatoms. The average molecular weight is 229 g/mol. The summed E-state index contributed by atoms with van der Waals surface area (Å²) >= 11 is 5.28. The average Bonchev–Trinajstić information content (AvgIpc) is 2.16. The fourth-order valence-electron chi connectivity index (χ4n) is 3.35. The van der Waals surface area contributed by atoms with Crippen molar-refractivity contribution in [3.63, 3.8) is 0 Å². The summed E-state index contributed by atoms with van der Waals surface area (Å²) in [6, 6.07) is 0. The summed E-state index contributed by atoms with van der Waals surface area (Å²) in [5, 5.41) is 0. The highest BCUT2D eigenvalue weighted by Gasteiger charge is 2.62. The summed E-state index contributed by atoms with van der Waals surface area (Å²) in [6.07, 6.45) is 6.55. The van der Waals surface area contributed by atoms with Crippen molar-refractivity contribution in [2.24, 2.45) is 16.7 Å². The zero-order valence-electron chi connectivity index (χ0n) is 9.42. The zero-order valence-corrected chi connectivity index (χ0v) is 10.2. The van der Waals surface area contributed by atoms with Gasteiger partial charge in [-0.15, -0.1) is 0 Å². The van der Waals surface area contributed by atoms with Crippen molar-refractivity contribution >= 4 is 17.0 Å². The van der Waals surface area contributed by atoms with E-state index in [9.17, 15) is 4.79 Å². The number of allylic oxidation sites excluding steroid dienone is 1. The molecule has 0 amide bonds. The number of fused-ring (bicyclic) bond motifs is 1. The van der Waals surface area contributed by atoms with Crippen molar-refractivity contribution < 1.29 is 9.53 Å². The van der Waals surface area contributed by atoms with Gasteiger partial charge < -0.3 is 4.74 Å². The lowest BCUT2D eigenvalue weighted by atomic mass is 9.40. The lowest BCUT2D eigenvalue weighted by Gasteiger charge is -2.64. The molecule has 2 nitrogen and oxygen atoms in total. The van der Waals surface area contributed by atoms with Crippen molar-refractivity contribution in [1.82, 2.24) is 0 Å². The Bertz CT molecular complexity index is 322. The molecular formula is C12H17ClO2. The molecule has 3 aliphatic rings. The van der Waals surface area contributed by atoms with Gasteiger partial charge in [-0.3, -0.25) is 0 Å². The molecule has 3 rings (SSSR count). The van der Waals surface area contributed by atoms with Gasteiger partial charge in [0.1, 0.15) is 6.10 Å². The Labute approximate surface area is 95.6 Å². The van der Waals surface area contributed by atoms with Crippen LogP contribution in [0.1, 0.15) is 33.6 Å². The van der Waals surface area contributed by atoms with E-state index in [0.29, 0.717) is 0 Å². The first-order chi connectivity index (χ1) is 6.90. The molecule has 0 aromatic rings. The van der Waals surface area contributed by atoms with Gasteiger partial charge in [-0.25, -0.2) is 4.79 Å². The number of carbonyl (C=O) groups excluding carboxylic acids is 1. The van der Waals surface area contributed by atoms with E-state index >= 15 is 0 Å². The lowest BCUT2D eigenvalue weighted by Crippen LogP contribution is -2.61. The third-order valence-corrected chi connectivity index (χ3v) is 4.72. The van der Waals surface area contributed by atoms with Gasteiger partial charge in [-0.1, -0.05) is 26.0 Å². The van der Waals surface area contributed by atoms with Crippen molar-refractivity contribution in [3.8, 4) is 0 Å². The van der Waals surface area contributed by atoms with E-state index < -0.39 is 5.43 Å². The molecule has 0 saturated heterocycles. The fourth-order valence-corrected chi connectivity index (χ4v) is 3.48. The second-order valence-corrected chi connectivity index (χ2v) is 5.61. The first-order valence-electron chi connectivity index (χ1n) is 5.44. The summed E-state index contributed by atoms with van der Waals surface area (Å²) in [5.41, 5.74) is -0.483. The lowest BCUT2D eigenvalue weighted by molar-refractivity contribution is -0.153. The first-order valence-corrected chi connectivity index (χ1v) is 5.82. The van der Waals surface area contributed by atoms with E-state index in [-0.39, 0.29) is 16.9 Å². The van der Waals surface area contributed by atoms with E-state index in [2.05, 4.69) is 26.0 Å². The SMILES string of the molecule is CC(OC(=O)Cl)C12C=CCC(C1)C2(C)C. The zero-order chi connectivity index (χ0) is 11.3. The first kappa shape index (κ1) is 11.0. The quantitative estimate of drug-likeness (QED) is 0.532. The van der Waals surface area contributed by atoms with Gasteiger partial charge >= 0.3 is 5.43 Å². The Morgan fingerprint density at radius 3 is 2.73 bits per heavy atom. The molecule has 0 aromatic carbocycles. The van der Waals surface area contributed by atoms with Gasteiger partial charge in [0.2, 0.25) is 0 Å². The third kappa shape index (κ3) is 1.34. The maximum absolute atomic E-state index is 10.8. The molecular weight excluding hydrogens is 212 g/mol. The molecule has 0 heterocycles. The van der Waals surface area contributed by atoms with Crippen LogP contribution in [0.3, 0.4) is 0 Å². The van der Waals surface area contributed by atoms with E-state index in [1.807, 2.05) is 6.92 Å². The van der Waals surface area contributed by atoms with Gasteiger partial charge in [-0.2, -0.15) is 0 Å². The summed E-state index contributed by atoms with van der Waals surface area (Å²) < 4.78 is 5.14. The molecule has 1 saturated carbocycles. The Morgan fingerprint density at radius 2 is 2.27 bits per heavy atom. The van der Waals surface area contributed by atoms with Gasteiger partial charge in [0.05, 0.1) is 0 Å². The standard InChI is InChI=1S/C12H17ClO2/c1-8(15-10(13)14)12-6-4-5-9(7-12)11(12,2)3/h4,6,8-9H,5,7H2,1-3H3. The van der Waals surface area contributed by atoms with Gasteiger partial charge in [-0.05, 0) is 31.1 Å². The maximum atomic E-state index is 10.8. The highest BCUT2D eigenvalue weighted by molar-refractivity contribution is 6.61. The minimum absolute atomic E-state index is 0.000463. The van der Waals surface area contributed by atoms with E-state index in [1.165, 1.54) is 0 Å². The number of halogens is 1. The van der Waals surface area contributed by atoms with E-state index in [4.69, 9.17) is 16.3 Å². The topological polar surface area (TPSA) is 26.3 Å². The van der Waals surface area contributed by atoms with Crippen LogP contribution in [-0.4, -0.2) is 11.5 Å². The second kappa shape index (κ2) is 3.24. The van der Waals surface area contributed by atoms with Crippen molar-refractivity contribution in [1.29, 1.82) is 0 Å². The van der Waals surface area contributed by atoms with E-state index in [0.717, 1.165) is 18.8 Å². The Balaban J connectivity index is 2.23. The Hall–Kier alpha value is -0.500. The summed E-state index contributed by atoms with van der Waals surface area (Å²) in [4.78, 5) is 10.8. The number of hydrogen-bond acceptors (Lipinski definition) is 2. The largest absolute Gasteiger partial charge is 0.450 e. The third-order valence-electron chi connectivity index (χ3n) is 4.64. The number of ether oxygens (including phenoxy) is 1. The normalized spacial score (nSPS) is 38.0. The van der Waals surface area contributed by atoms with Crippen LogP contribution in [0.15, 0.2) is 12.2 Å². The smallest absolute Gasteiger partial charge is 0.404 e. The minimum atomic E-state index is -0.699. The molecule has 15 heavy (non-hydrogen) atoms. The van der Waals surface area contributed by atoms with Crippen LogP contribution < -0.4 is 0 Å². The van der Waals surface area contributed by atoms with Crippen LogP contribution in [0.25, 0.3) is 0 Å². The predicted octanol–water partition coefficient (Wildman–Crippen LogP) is 3.74. The number of rotatable bonds is 2. The van der Waals surface area contributed by atoms with Crippen molar-refractivity contribution in [3.05, 3.63) is 12.2 Å². The van der Waals surface area contributed by atoms with Crippen molar-refractivity contribution in [2.75, 3.05) is 0 Å². The summed E-state index contributed by atoms with van der Waals surface area (Å²) in [7, 11) is 0. The van der Waals surface area contributed by atoms with Gasteiger partial charge in [0.15, 0.2) is 0 Å². The molecule has 84 valence electrons. The molecule has 3 atom stereocenters. The molecule has 1 fully saturated rings. The monoisotopic (exact) mass is 228 g/mol. The molecule has 3 aliphatic carbocycles.